The zero-order chi connectivity index (χ0) is 10.0. The number of hydrogen-bond acceptors (Lipinski definition) is 3. The summed E-state index contributed by atoms with van der Waals surface area (Å²) < 4.78 is 0. The van der Waals surface area contributed by atoms with Crippen LogP contribution in [0.5, 0.6) is 0 Å². The Labute approximate surface area is 88.4 Å². The fourth-order valence-electron chi connectivity index (χ4n) is 0.655. The molecule has 1 heterocycles. The average molecular weight is 241 g/mol. The van der Waals surface area contributed by atoms with Crippen molar-refractivity contribution in [3.8, 4) is 0 Å². The first-order valence-corrected chi connectivity index (χ1v) is 4.15. The quantitative estimate of drug-likeness (QED) is 0.585. The van der Waals surface area contributed by atoms with Crippen molar-refractivity contribution in [2.24, 2.45) is 0 Å². The van der Waals surface area contributed by atoms with E-state index in [2.05, 4.69) is 4.98 Å². The summed E-state index contributed by atoms with van der Waals surface area (Å²) in [7, 11) is 0. The Balaban J connectivity index is 3.26. The van der Waals surface area contributed by atoms with Crippen LogP contribution in [0.4, 0.5) is 0 Å². The van der Waals surface area contributed by atoms with E-state index in [0.717, 1.165) is 0 Å². The lowest BCUT2D eigenvalue weighted by molar-refractivity contribution is 0.0701. The van der Waals surface area contributed by atoms with Gasteiger partial charge in [-0.2, -0.15) is 0 Å². The van der Waals surface area contributed by atoms with Crippen molar-refractivity contribution in [1.82, 2.24) is 10.5 Å². The van der Waals surface area contributed by atoms with E-state index in [4.69, 9.17) is 40.0 Å². The Morgan fingerprint density at radius 2 is 2.00 bits per heavy atom. The van der Waals surface area contributed by atoms with Crippen molar-refractivity contribution in [2.75, 3.05) is 0 Å². The van der Waals surface area contributed by atoms with E-state index >= 15 is 0 Å². The molecule has 1 rings (SSSR count). The van der Waals surface area contributed by atoms with Crippen LogP contribution in [0.3, 0.4) is 0 Å². The maximum atomic E-state index is 10.9. The summed E-state index contributed by atoms with van der Waals surface area (Å²) in [5, 5.41) is 8.37. The van der Waals surface area contributed by atoms with Crippen LogP contribution in [-0.4, -0.2) is 16.1 Å². The van der Waals surface area contributed by atoms with Gasteiger partial charge in [0, 0.05) is 6.20 Å². The smallest absolute Gasteiger partial charge is 0.288 e. The molecule has 7 heteroatoms. The molecule has 1 aromatic heterocycles. The van der Waals surface area contributed by atoms with Gasteiger partial charge in [-0.15, -0.1) is 0 Å². The van der Waals surface area contributed by atoms with Gasteiger partial charge in [-0.05, 0) is 0 Å². The fourth-order valence-corrected chi connectivity index (χ4v) is 1.22. The molecule has 0 saturated carbocycles. The second-order valence-electron chi connectivity index (χ2n) is 2.02. The molecule has 0 atom stereocenters. The summed E-state index contributed by atoms with van der Waals surface area (Å²) >= 11 is 16.8. The number of halogens is 3. The molecular weight excluding hydrogens is 238 g/mol. The number of carbonyl (C=O) groups is 1. The molecule has 4 nitrogen and oxygen atoms in total. The van der Waals surface area contributed by atoms with Gasteiger partial charge in [0.25, 0.3) is 5.91 Å². The maximum Gasteiger partial charge on any atom is 0.294 e. The number of rotatable bonds is 1. The van der Waals surface area contributed by atoms with E-state index in [1.54, 1.807) is 0 Å². The number of pyridine rings is 1. The molecule has 0 fully saturated rings. The molecule has 0 aliphatic carbocycles. The molecular formula is C6H3Cl3N2O2. The van der Waals surface area contributed by atoms with Gasteiger partial charge in [0.2, 0.25) is 0 Å². The van der Waals surface area contributed by atoms with Crippen molar-refractivity contribution in [3.05, 3.63) is 27.0 Å². The van der Waals surface area contributed by atoms with E-state index in [-0.39, 0.29) is 20.8 Å². The van der Waals surface area contributed by atoms with Crippen molar-refractivity contribution in [3.63, 3.8) is 0 Å². The Kier molecular flexibility index (Phi) is 3.33. The first kappa shape index (κ1) is 10.5. The van der Waals surface area contributed by atoms with Gasteiger partial charge in [-0.25, -0.2) is 10.5 Å². The predicted octanol–water partition coefficient (Wildman–Crippen LogP) is 2.16. The first-order chi connectivity index (χ1) is 6.07. The van der Waals surface area contributed by atoms with Crippen LogP contribution in [0.2, 0.25) is 15.1 Å². The Morgan fingerprint density at radius 1 is 1.38 bits per heavy atom. The molecule has 1 amide bonds. The van der Waals surface area contributed by atoms with Crippen molar-refractivity contribution >= 4 is 40.7 Å². The first-order valence-electron chi connectivity index (χ1n) is 3.02. The topological polar surface area (TPSA) is 62.2 Å². The monoisotopic (exact) mass is 240 g/mol. The Morgan fingerprint density at radius 3 is 2.54 bits per heavy atom. The lowest BCUT2D eigenvalue weighted by Crippen LogP contribution is -2.20. The number of aromatic nitrogens is 1. The van der Waals surface area contributed by atoms with E-state index in [1.165, 1.54) is 11.7 Å². The van der Waals surface area contributed by atoms with Crippen LogP contribution < -0.4 is 5.48 Å². The van der Waals surface area contributed by atoms with Crippen LogP contribution in [0, 0.1) is 0 Å². The summed E-state index contributed by atoms with van der Waals surface area (Å²) in [5.41, 5.74) is 1.20. The zero-order valence-corrected chi connectivity index (χ0v) is 8.28. The van der Waals surface area contributed by atoms with Crippen molar-refractivity contribution in [1.29, 1.82) is 0 Å². The van der Waals surface area contributed by atoms with Crippen LogP contribution in [-0.2, 0) is 0 Å². The number of nitrogens with one attached hydrogen (secondary N) is 1. The second kappa shape index (κ2) is 4.11. The highest BCUT2D eigenvalue weighted by Crippen LogP contribution is 2.30. The zero-order valence-electron chi connectivity index (χ0n) is 6.01. The molecule has 0 saturated heterocycles. The van der Waals surface area contributed by atoms with Gasteiger partial charge in [-0.3, -0.25) is 10.0 Å². The summed E-state index contributed by atoms with van der Waals surface area (Å²) in [6.07, 6.45) is 1.17. The molecule has 0 aliphatic rings. The van der Waals surface area contributed by atoms with Crippen LogP contribution in [0.25, 0.3) is 0 Å². The molecule has 70 valence electrons. The molecule has 0 radical (unpaired) electrons. The minimum atomic E-state index is -0.844. The predicted molar refractivity (Wildman–Crippen MR) is 48.5 cm³/mol. The highest BCUT2D eigenvalue weighted by atomic mass is 35.5. The van der Waals surface area contributed by atoms with Crippen molar-refractivity contribution < 1.29 is 10.0 Å². The number of carbonyl (C=O) groups excluding carboxylic acids is 1. The largest absolute Gasteiger partial charge is 0.294 e. The third-order valence-corrected chi connectivity index (χ3v) is 2.47. The van der Waals surface area contributed by atoms with E-state index in [9.17, 15) is 4.79 Å². The third-order valence-electron chi connectivity index (χ3n) is 1.23. The molecule has 13 heavy (non-hydrogen) atoms. The SMILES string of the molecule is O=C(NO)c1ncc(Cl)c(Cl)c1Cl. The minimum absolute atomic E-state index is 0.0249. The summed E-state index contributed by atoms with van der Waals surface area (Å²) in [5.74, 6) is -0.844. The van der Waals surface area contributed by atoms with Gasteiger partial charge < -0.3 is 0 Å². The van der Waals surface area contributed by atoms with E-state index < -0.39 is 5.91 Å². The lowest BCUT2D eigenvalue weighted by Gasteiger charge is -2.03. The van der Waals surface area contributed by atoms with E-state index in [1.807, 2.05) is 0 Å². The molecule has 0 aliphatic heterocycles. The van der Waals surface area contributed by atoms with Crippen LogP contribution in [0.15, 0.2) is 6.20 Å². The highest BCUT2D eigenvalue weighted by molar-refractivity contribution is 6.48. The van der Waals surface area contributed by atoms with Crippen LogP contribution >= 0.6 is 34.8 Å². The summed E-state index contributed by atoms with van der Waals surface area (Å²) in [6, 6.07) is 0. The lowest BCUT2D eigenvalue weighted by atomic mass is 10.3. The third kappa shape index (κ3) is 2.03. The number of nitrogens with zero attached hydrogens (tertiary/aromatic N) is 1. The summed E-state index contributed by atoms with van der Waals surface area (Å²) in [6.45, 7) is 0. The maximum absolute atomic E-state index is 10.9. The normalized spacial score (nSPS) is 9.85. The van der Waals surface area contributed by atoms with Gasteiger partial charge in [-0.1, -0.05) is 34.8 Å². The highest BCUT2D eigenvalue weighted by Gasteiger charge is 2.15. The van der Waals surface area contributed by atoms with Crippen molar-refractivity contribution in [2.45, 2.75) is 0 Å². The fraction of sp³-hybridized carbons (Fsp3) is 0. The van der Waals surface area contributed by atoms with Gasteiger partial charge in [0.15, 0.2) is 5.69 Å². The van der Waals surface area contributed by atoms with Crippen LogP contribution in [0.1, 0.15) is 10.5 Å². The molecule has 0 unspecified atom stereocenters. The molecule has 0 bridgehead atoms. The molecule has 2 N–H and O–H groups in total. The Bertz CT molecular complexity index is 356. The molecule has 0 aromatic carbocycles. The number of amides is 1. The minimum Gasteiger partial charge on any atom is -0.288 e. The van der Waals surface area contributed by atoms with E-state index in [0.29, 0.717) is 0 Å². The Hall–Kier alpha value is -0.550. The average Bonchev–Trinajstić information content (AvgIpc) is 2.13. The van der Waals surface area contributed by atoms with Gasteiger partial charge >= 0.3 is 0 Å². The molecule has 0 spiro atoms. The number of hydrogen-bond donors (Lipinski definition) is 2. The molecule has 1 aromatic rings. The van der Waals surface area contributed by atoms with Gasteiger partial charge in [0.1, 0.15) is 0 Å². The second-order valence-corrected chi connectivity index (χ2v) is 3.19. The standard InChI is InChI=1S/C6H3Cl3N2O2/c7-2-1-10-5(6(12)11-13)4(9)3(2)8/h1,13H,(H,11,12). The summed E-state index contributed by atoms with van der Waals surface area (Å²) in [4.78, 5) is 14.5. The number of hydroxylamine groups is 1. The van der Waals surface area contributed by atoms with Gasteiger partial charge in [0.05, 0.1) is 15.1 Å².